The summed E-state index contributed by atoms with van der Waals surface area (Å²) in [6.07, 6.45) is -1.67. The molecule has 2 aromatic heterocycles. The Balaban J connectivity index is 1.55. The molecule has 5 rings (SSSR count). The minimum atomic E-state index is -1.60. The van der Waals surface area contributed by atoms with Crippen LogP contribution in [0.25, 0.3) is 16.9 Å². The van der Waals surface area contributed by atoms with Crippen molar-refractivity contribution < 1.29 is 32.9 Å². The average Bonchev–Trinajstić information content (AvgIpc) is 3.57. The van der Waals surface area contributed by atoms with Crippen molar-refractivity contribution in [1.82, 2.24) is 29.8 Å². The first kappa shape index (κ1) is 25.3. The Labute approximate surface area is 212 Å². The van der Waals surface area contributed by atoms with Gasteiger partial charge in [-0.3, -0.25) is 0 Å². The molecule has 0 aliphatic carbocycles. The molecule has 14 heteroatoms. The van der Waals surface area contributed by atoms with Gasteiger partial charge in [0, 0.05) is 17.7 Å². The van der Waals surface area contributed by atoms with Crippen molar-refractivity contribution in [3.05, 3.63) is 77.2 Å². The van der Waals surface area contributed by atoms with E-state index in [4.69, 9.17) is 21.1 Å². The number of halogens is 4. The molecule has 1 aliphatic heterocycles. The van der Waals surface area contributed by atoms with E-state index in [2.05, 4.69) is 20.4 Å². The van der Waals surface area contributed by atoms with Crippen LogP contribution < -0.4 is 0 Å². The van der Waals surface area contributed by atoms with Crippen molar-refractivity contribution in [2.75, 3.05) is 13.7 Å². The normalized spacial score (nSPS) is 23.9. The maximum Gasteiger partial charge on any atom is 0.194 e. The smallest absolute Gasteiger partial charge is 0.194 e. The van der Waals surface area contributed by atoms with Crippen molar-refractivity contribution in [3.8, 4) is 16.9 Å². The number of ether oxygens (including phenoxy) is 2. The quantitative estimate of drug-likeness (QED) is 0.361. The van der Waals surface area contributed by atoms with E-state index in [9.17, 15) is 23.4 Å². The lowest BCUT2D eigenvalue weighted by molar-refractivity contribution is -0.217. The summed E-state index contributed by atoms with van der Waals surface area (Å²) in [7, 11) is 1.39. The fraction of sp³-hybridized carbons (Fsp3) is 0.304. The van der Waals surface area contributed by atoms with Gasteiger partial charge in [0.2, 0.25) is 0 Å². The minimum absolute atomic E-state index is 0.0190. The molecule has 1 fully saturated rings. The number of aliphatic hydroxyl groups excluding tert-OH is 2. The van der Waals surface area contributed by atoms with Gasteiger partial charge in [0.1, 0.15) is 42.5 Å². The second-order valence-corrected chi connectivity index (χ2v) is 8.74. The van der Waals surface area contributed by atoms with Crippen LogP contribution in [0.5, 0.6) is 0 Å². The lowest BCUT2D eigenvalue weighted by atomic mass is 9.92. The summed E-state index contributed by atoms with van der Waals surface area (Å²) in [4.78, 5) is 4.32. The van der Waals surface area contributed by atoms with Gasteiger partial charge in [-0.15, -0.1) is 5.10 Å². The number of rotatable bonds is 6. The number of aliphatic hydroxyl groups is 2. The fourth-order valence-electron chi connectivity index (χ4n) is 4.38. The summed E-state index contributed by atoms with van der Waals surface area (Å²) < 4.78 is 55.4. The van der Waals surface area contributed by atoms with E-state index in [0.29, 0.717) is 16.5 Å². The van der Waals surface area contributed by atoms with Gasteiger partial charge in [-0.05, 0) is 30.3 Å². The van der Waals surface area contributed by atoms with Crippen molar-refractivity contribution in [3.63, 3.8) is 0 Å². The van der Waals surface area contributed by atoms with E-state index in [1.165, 1.54) is 29.0 Å². The van der Waals surface area contributed by atoms with E-state index in [-0.39, 0.29) is 11.3 Å². The second kappa shape index (κ2) is 10.2. The summed E-state index contributed by atoms with van der Waals surface area (Å²) in [5.41, 5.74) is 0.546. The van der Waals surface area contributed by atoms with Gasteiger partial charge in [-0.1, -0.05) is 22.9 Å². The SMILES string of the molecule is CO[C@@H]1[C@@H](n2cc(-c3cc(F)c(F)c(F)c3)nn2)[C@@H](O)[C@@H](CO)O[C@H]1c1ncnn1-c1cccc(Cl)c1. The highest BCUT2D eigenvalue weighted by atomic mass is 35.5. The summed E-state index contributed by atoms with van der Waals surface area (Å²) in [5.74, 6) is -4.07. The molecule has 1 saturated heterocycles. The standard InChI is InChI=1S/C23H20ClF3N6O4/c1-36-21-19(32-8-16(30-31-32)11-5-14(25)18(27)15(26)6-11)20(35)17(9-34)37-22(21)23-28-10-29-33(23)13-4-2-3-12(24)7-13/h2-8,10,17,19-22,34-35H,9H2,1H3/t17-,19+,20+,21-,22-/m1/s1. The minimum Gasteiger partial charge on any atom is -0.394 e. The van der Waals surface area contributed by atoms with Crippen LogP contribution >= 0.6 is 11.6 Å². The van der Waals surface area contributed by atoms with Crippen molar-refractivity contribution in [2.24, 2.45) is 0 Å². The monoisotopic (exact) mass is 536 g/mol. The number of hydrogen-bond acceptors (Lipinski definition) is 8. The predicted molar refractivity (Wildman–Crippen MR) is 122 cm³/mol. The molecule has 3 heterocycles. The molecule has 4 aromatic rings. The van der Waals surface area contributed by atoms with Gasteiger partial charge in [-0.25, -0.2) is 27.5 Å². The molecule has 1 aliphatic rings. The molecule has 0 spiro atoms. The molecule has 2 aromatic carbocycles. The maximum atomic E-state index is 13.8. The molecule has 2 N–H and O–H groups in total. The van der Waals surface area contributed by atoms with Crippen LogP contribution in [0.3, 0.4) is 0 Å². The number of aromatic nitrogens is 6. The van der Waals surface area contributed by atoms with Crippen molar-refractivity contribution in [1.29, 1.82) is 0 Å². The molecule has 5 atom stereocenters. The van der Waals surface area contributed by atoms with Crippen LogP contribution in [-0.4, -0.2) is 72.0 Å². The molecule has 194 valence electrons. The number of benzene rings is 2. The number of nitrogens with zero attached hydrogens (tertiary/aromatic N) is 6. The summed E-state index contributed by atoms with van der Waals surface area (Å²) in [5, 5.41) is 33.7. The highest BCUT2D eigenvalue weighted by Gasteiger charge is 2.49. The molecule has 0 unspecified atom stereocenters. The Bertz CT molecular complexity index is 1400. The van der Waals surface area contributed by atoms with Gasteiger partial charge in [0.15, 0.2) is 23.3 Å². The first-order valence-electron chi connectivity index (χ1n) is 11.0. The van der Waals surface area contributed by atoms with Crippen molar-refractivity contribution >= 4 is 11.6 Å². The van der Waals surface area contributed by atoms with Crippen molar-refractivity contribution in [2.45, 2.75) is 30.5 Å². The number of methoxy groups -OCH3 is 1. The Morgan fingerprint density at radius 2 is 1.92 bits per heavy atom. The van der Waals surface area contributed by atoms with Crippen LogP contribution in [0.1, 0.15) is 18.0 Å². The highest BCUT2D eigenvalue weighted by Crippen LogP contribution is 2.40. The third kappa shape index (κ3) is 4.60. The zero-order valence-corrected chi connectivity index (χ0v) is 19.9. The molecule has 37 heavy (non-hydrogen) atoms. The fourth-order valence-corrected chi connectivity index (χ4v) is 4.56. The van der Waals surface area contributed by atoms with E-state index < -0.39 is 54.5 Å². The van der Waals surface area contributed by atoms with Gasteiger partial charge in [0.25, 0.3) is 0 Å². The highest BCUT2D eigenvalue weighted by molar-refractivity contribution is 6.30. The van der Waals surface area contributed by atoms with Gasteiger partial charge in [0.05, 0.1) is 18.5 Å². The van der Waals surface area contributed by atoms with Gasteiger partial charge < -0.3 is 19.7 Å². The first-order valence-corrected chi connectivity index (χ1v) is 11.4. The van der Waals surface area contributed by atoms with Crippen LogP contribution in [0.4, 0.5) is 13.2 Å². The predicted octanol–water partition coefficient (Wildman–Crippen LogP) is 2.65. The van der Waals surface area contributed by atoms with Crippen LogP contribution in [0, 0.1) is 17.5 Å². The molecular formula is C23H20ClF3N6O4. The molecular weight excluding hydrogens is 517 g/mol. The van der Waals surface area contributed by atoms with E-state index in [1.54, 1.807) is 24.3 Å². The Morgan fingerprint density at radius 1 is 1.16 bits per heavy atom. The molecule has 10 nitrogen and oxygen atoms in total. The Hall–Kier alpha value is -3.36. The second-order valence-electron chi connectivity index (χ2n) is 8.31. The average molecular weight is 537 g/mol. The van der Waals surface area contributed by atoms with Crippen LogP contribution in [0.2, 0.25) is 5.02 Å². The largest absolute Gasteiger partial charge is 0.394 e. The topological polar surface area (TPSA) is 120 Å². The third-order valence-electron chi connectivity index (χ3n) is 6.12. The van der Waals surface area contributed by atoms with E-state index in [1.807, 2.05) is 0 Å². The molecule has 0 saturated carbocycles. The Kier molecular flexibility index (Phi) is 6.96. The molecule has 0 radical (unpaired) electrons. The third-order valence-corrected chi connectivity index (χ3v) is 6.35. The number of hydrogen-bond donors (Lipinski definition) is 2. The van der Waals surface area contributed by atoms with E-state index >= 15 is 0 Å². The zero-order valence-electron chi connectivity index (χ0n) is 19.1. The van der Waals surface area contributed by atoms with Crippen LogP contribution in [-0.2, 0) is 9.47 Å². The van der Waals surface area contributed by atoms with Gasteiger partial charge >= 0.3 is 0 Å². The molecule has 0 amide bonds. The Morgan fingerprint density at radius 3 is 2.59 bits per heavy atom. The van der Waals surface area contributed by atoms with Gasteiger partial charge in [-0.2, -0.15) is 5.10 Å². The summed E-state index contributed by atoms with van der Waals surface area (Å²) in [6.45, 7) is -0.550. The summed E-state index contributed by atoms with van der Waals surface area (Å²) in [6, 6.07) is 7.45. The first-order chi connectivity index (χ1) is 17.8. The molecule has 0 bridgehead atoms. The summed E-state index contributed by atoms with van der Waals surface area (Å²) >= 11 is 6.13. The lowest BCUT2D eigenvalue weighted by Crippen LogP contribution is -2.53. The van der Waals surface area contributed by atoms with E-state index in [0.717, 1.165) is 12.1 Å². The zero-order chi connectivity index (χ0) is 26.3. The maximum absolute atomic E-state index is 13.8. The van der Waals surface area contributed by atoms with Crippen LogP contribution in [0.15, 0.2) is 48.9 Å². The lowest BCUT2D eigenvalue weighted by Gasteiger charge is -2.43.